The maximum absolute atomic E-state index is 11.6. The second-order valence-corrected chi connectivity index (χ2v) is 3.61. The van der Waals surface area contributed by atoms with Crippen LogP contribution in [0, 0.1) is 20.0 Å². The van der Waals surface area contributed by atoms with E-state index in [1.54, 1.807) is 6.08 Å². The van der Waals surface area contributed by atoms with Crippen molar-refractivity contribution in [2.24, 2.45) is 0 Å². The van der Waals surface area contributed by atoms with Gasteiger partial charge in [-0.25, -0.2) is 0 Å². The Labute approximate surface area is 155 Å². The van der Waals surface area contributed by atoms with Crippen LogP contribution in [0.25, 0.3) is 0 Å². The van der Waals surface area contributed by atoms with Crippen molar-refractivity contribution in [3.63, 3.8) is 0 Å². The van der Waals surface area contributed by atoms with E-state index in [0.29, 0.717) is 13.2 Å². The topological polar surface area (TPSA) is 89.2 Å². The molecule has 0 aliphatic carbocycles. The number of carbonyl (C=O) groups is 1. The Balaban J connectivity index is -0.000000153. The molecule has 134 valence electrons. The molecule has 1 unspecified atom stereocenters. The molecule has 0 spiro atoms. The summed E-state index contributed by atoms with van der Waals surface area (Å²) in [6.45, 7) is 24.6. The van der Waals surface area contributed by atoms with Crippen LogP contribution >= 0.6 is 0 Å². The van der Waals surface area contributed by atoms with Crippen LogP contribution in [-0.4, -0.2) is 36.6 Å². The molecule has 0 rings (SSSR count). The Bertz CT molecular complexity index is 385. The van der Waals surface area contributed by atoms with Gasteiger partial charge in [-0.15, -0.1) is 0 Å². The largest absolute Gasteiger partial charge is 0 e. The minimum absolute atomic E-state index is 0. The summed E-state index contributed by atoms with van der Waals surface area (Å²) < 4.78 is 27.5. The van der Waals surface area contributed by atoms with Crippen molar-refractivity contribution < 1.29 is 40.6 Å². The summed E-state index contributed by atoms with van der Waals surface area (Å²) >= 11 is 0. The van der Waals surface area contributed by atoms with Crippen molar-refractivity contribution in [1.29, 1.82) is 0 Å². The molecule has 7 heteroatoms. The zero-order valence-electron chi connectivity index (χ0n) is 14.1. The maximum Gasteiger partial charge on any atom is 0 e. The van der Waals surface area contributed by atoms with E-state index in [-0.39, 0.29) is 29.1 Å². The molecule has 6 nitrogen and oxygen atoms in total. The Morgan fingerprint density at radius 1 is 1.17 bits per heavy atom. The van der Waals surface area contributed by atoms with Gasteiger partial charge in [-0.2, -0.15) is 0 Å². The number of ether oxygens (including phenoxy) is 1. The first kappa shape index (κ1) is 33.9. The molecule has 0 amide bonds. The fourth-order valence-corrected chi connectivity index (χ4v) is 1.34. The molecule has 1 atom stereocenters. The monoisotopic (exact) mass is 377 g/mol. The molecule has 0 fully saturated rings. The second kappa shape index (κ2) is 33.1. The van der Waals surface area contributed by atoms with Gasteiger partial charge in [0.15, 0.2) is 0 Å². The summed E-state index contributed by atoms with van der Waals surface area (Å²) in [7, 11) is 0. The van der Waals surface area contributed by atoms with Crippen molar-refractivity contribution >= 4 is 5.97 Å². The minimum Gasteiger partial charge on any atom is 0 e. The molecule has 0 saturated heterocycles. The Hall–Kier alpha value is -1.61. The average Bonchev–Trinajstić information content (AvgIpc) is 2.62. The smallest absolute Gasteiger partial charge is 0 e. The SMILES string of the molecule is C=C/C=C\CN(C/C=C/C)C(C)C(=O)OCC.[C-]#[O+].[C-]#[O+].[C-]#[O+].[Fe]. The van der Waals surface area contributed by atoms with E-state index in [2.05, 4.69) is 26.5 Å². The van der Waals surface area contributed by atoms with Crippen molar-refractivity contribution in [1.82, 2.24) is 4.90 Å². The summed E-state index contributed by atoms with van der Waals surface area (Å²) in [5, 5.41) is 0. The van der Waals surface area contributed by atoms with Crippen LogP contribution in [0.1, 0.15) is 20.8 Å². The molecule has 0 aliphatic rings. The van der Waals surface area contributed by atoms with Crippen LogP contribution in [0.5, 0.6) is 0 Å². The molecule has 0 radical (unpaired) electrons. The molecular weight excluding hydrogens is 354 g/mol. The molecule has 0 aromatic heterocycles. The van der Waals surface area contributed by atoms with Gasteiger partial charge >= 0.3 is 39.9 Å². The normalized spacial score (nSPS) is 9.75. The predicted octanol–water partition coefficient (Wildman–Crippen LogP) is 2.44. The number of allylic oxidation sites excluding steroid dienone is 3. The zero-order chi connectivity index (χ0) is 19.1. The van der Waals surface area contributed by atoms with Crippen molar-refractivity contribution in [2.75, 3.05) is 19.7 Å². The molecule has 0 aromatic rings. The number of esters is 1. The van der Waals surface area contributed by atoms with Crippen molar-refractivity contribution in [3.8, 4) is 0 Å². The Kier molecular flexibility index (Phi) is 46.7. The summed E-state index contributed by atoms with van der Waals surface area (Å²) in [6, 6.07) is -0.236. The standard InChI is InChI=1S/C14H23NO2.3CO.Fe/c1-5-8-10-12-15(11-9-6-2)13(4)14(16)17-7-3;3*1-2;/h5-6,8-10,13H,1,7,11-12H2,2-4H3;;;;/b9-6+,10-8-;;;;. The van der Waals surface area contributed by atoms with Crippen LogP contribution in [-0.2, 0) is 40.6 Å². The molecule has 0 saturated carbocycles. The zero-order valence-corrected chi connectivity index (χ0v) is 15.2. The fourth-order valence-electron chi connectivity index (χ4n) is 1.34. The van der Waals surface area contributed by atoms with E-state index in [0.717, 1.165) is 6.54 Å². The summed E-state index contributed by atoms with van der Waals surface area (Å²) in [5.74, 6) is -0.177. The molecule has 0 aromatic carbocycles. The van der Waals surface area contributed by atoms with Gasteiger partial charge in [0, 0.05) is 30.2 Å². The number of nitrogens with zero attached hydrogens (tertiary/aromatic N) is 1. The minimum atomic E-state index is -0.236. The molecular formula is C17H23FeNO5. The van der Waals surface area contributed by atoms with Crippen molar-refractivity contribution in [3.05, 3.63) is 56.9 Å². The quantitative estimate of drug-likeness (QED) is 0.163. The van der Waals surface area contributed by atoms with Crippen molar-refractivity contribution in [2.45, 2.75) is 26.8 Å². The summed E-state index contributed by atoms with van der Waals surface area (Å²) in [5.41, 5.74) is 0. The summed E-state index contributed by atoms with van der Waals surface area (Å²) in [6.07, 6.45) is 9.58. The van der Waals surface area contributed by atoms with Crippen LogP contribution in [0.15, 0.2) is 37.0 Å². The second-order valence-electron chi connectivity index (χ2n) is 3.61. The average molecular weight is 377 g/mol. The van der Waals surface area contributed by atoms with Gasteiger partial charge in [0.25, 0.3) is 0 Å². The molecule has 24 heavy (non-hydrogen) atoms. The van der Waals surface area contributed by atoms with E-state index < -0.39 is 0 Å². The van der Waals surface area contributed by atoms with E-state index >= 15 is 0 Å². The van der Waals surface area contributed by atoms with Gasteiger partial charge in [0.1, 0.15) is 6.04 Å². The maximum atomic E-state index is 11.6. The van der Waals surface area contributed by atoms with Gasteiger partial charge in [-0.3, -0.25) is 9.69 Å². The Morgan fingerprint density at radius 3 is 2.00 bits per heavy atom. The van der Waals surface area contributed by atoms with Crippen LogP contribution < -0.4 is 0 Å². The molecule has 0 N–H and O–H groups in total. The van der Waals surface area contributed by atoms with Crippen LogP contribution in [0.4, 0.5) is 0 Å². The van der Waals surface area contributed by atoms with E-state index in [1.807, 2.05) is 50.0 Å². The number of hydrogen-bond donors (Lipinski definition) is 0. The van der Waals surface area contributed by atoms with E-state index in [1.165, 1.54) is 0 Å². The first-order chi connectivity index (χ1) is 11.2. The molecule has 0 bridgehead atoms. The third-order valence-corrected chi connectivity index (χ3v) is 2.36. The van der Waals surface area contributed by atoms with Crippen LogP contribution in [0.2, 0.25) is 0 Å². The van der Waals surface area contributed by atoms with Gasteiger partial charge < -0.3 is 4.74 Å². The first-order valence-corrected chi connectivity index (χ1v) is 6.58. The van der Waals surface area contributed by atoms with Gasteiger partial charge in [-0.05, 0) is 20.8 Å². The number of rotatable bonds is 8. The van der Waals surface area contributed by atoms with Gasteiger partial charge in [0.05, 0.1) is 6.61 Å². The van der Waals surface area contributed by atoms with Gasteiger partial charge in [0.2, 0.25) is 0 Å². The third kappa shape index (κ3) is 22.7. The number of carbonyl (C=O) groups excluding carboxylic acids is 1. The van der Waals surface area contributed by atoms with Crippen LogP contribution in [0.3, 0.4) is 0 Å². The fraction of sp³-hybridized carbons (Fsp3) is 0.412. The number of hydrogen-bond acceptors (Lipinski definition) is 3. The van der Waals surface area contributed by atoms with E-state index in [9.17, 15) is 4.79 Å². The third-order valence-electron chi connectivity index (χ3n) is 2.36. The first-order valence-electron chi connectivity index (χ1n) is 6.58. The molecule has 0 aliphatic heterocycles. The summed E-state index contributed by atoms with van der Waals surface area (Å²) in [4.78, 5) is 13.7. The predicted molar refractivity (Wildman–Crippen MR) is 83.6 cm³/mol. The van der Waals surface area contributed by atoms with E-state index in [4.69, 9.17) is 18.7 Å². The molecule has 0 heterocycles. The Morgan fingerprint density at radius 2 is 1.62 bits per heavy atom. The van der Waals surface area contributed by atoms with Gasteiger partial charge in [-0.1, -0.05) is 37.0 Å².